The van der Waals surface area contributed by atoms with Crippen LogP contribution in [0, 0.1) is 0 Å². The number of hydrogen-bond donors (Lipinski definition) is 0. The van der Waals surface area contributed by atoms with Crippen molar-refractivity contribution in [1.82, 2.24) is 9.55 Å². The van der Waals surface area contributed by atoms with E-state index < -0.39 is 0 Å². The number of thiophene rings is 1. The molecule has 0 bridgehead atoms. The maximum absolute atomic E-state index is 13.2. The lowest BCUT2D eigenvalue weighted by molar-refractivity contribution is 0.355. The Morgan fingerprint density at radius 1 is 1.15 bits per heavy atom. The van der Waals surface area contributed by atoms with E-state index in [1.54, 1.807) is 60.7 Å². The highest BCUT2D eigenvalue weighted by Gasteiger charge is 2.18. The van der Waals surface area contributed by atoms with E-state index in [0.29, 0.717) is 40.5 Å². The normalized spacial score (nSPS) is 11.0. The molecule has 4 rings (SSSR count). The van der Waals surface area contributed by atoms with Crippen molar-refractivity contribution in [1.29, 1.82) is 0 Å². The van der Waals surface area contributed by atoms with Gasteiger partial charge in [-0.15, -0.1) is 11.3 Å². The van der Waals surface area contributed by atoms with Gasteiger partial charge in [-0.05, 0) is 29.6 Å². The van der Waals surface area contributed by atoms with Gasteiger partial charge in [-0.3, -0.25) is 9.36 Å². The number of methoxy groups -OCH3 is 2. The van der Waals surface area contributed by atoms with Crippen molar-refractivity contribution >= 4 is 22.2 Å². The second kappa shape index (κ2) is 6.68. The summed E-state index contributed by atoms with van der Waals surface area (Å²) in [6, 6.07) is 10.9. The van der Waals surface area contributed by atoms with Gasteiger partial charge in [-0.2, -0.15) is 0 Å². The van der Waals surface area contributed by atoms with E-state index in [1.165, 1.54) is 0 Å². The van der Waals surface area contributed by atoms with Crippen molar-refractivity contribution in [3.63, 3.8) is 0 Å². The van der Waals surface area contributed by atoms with Crippen molar-refractivity contribution in [2.24, 2.45) is 0 Å². The molecule has 4 aromatic rings. The highest BCUT2D eigenvalue weighted by atomic mass is 32.1. The molecule has 3 aromatic heterocycles. The maximum atomic E-state index is 13.2. The fourth-order valence-corrected chi connectivity index (χ4v) is 3.54. The topological polar surface area (TPSA) is 66.5 Å². The van der Waals surface area contributed by atoms with Crippen molar-refractivity contribution in [3.05, 3.63) is 63.3 Å². The van der Waals surface area contributed by atoms with Crippen LogP contribution >= 0.6 is 11.3 Å². The van der Waals surface area contributed by atoms with Crippen LogP contribution in [0.15, 0.2) is 57.3 Å². The molecular weight excluding hydrogens is 352 g/mol. The lowest BCUT2D eigenvalue weighted by Gasteiger charge is -2.13. The van der Waals surface area contributed by atoms with Gasteiger partial charge in [0.1, 0.15) is 0 Å². The smallest absolute Gasteiger partial charge is 0.262 e. The van der Waals surface area contributed by atoms with Crippen LogP contribution in [0.3, 0.4) is 0 Å². The third-order valence-electron chi connectivity index (χ3n) is 4.10. The molecule has 6 nitrogen and oxygen atoms in total. The maximum Gasteiger partial charge on any atom is 0.262 e. The molecule has 132 valence electrons. The number of hydrogen-bond acceptors (Lipinski definition) is 6. The Hall–Kier alpha value is -3.06. The minimum Gasteiger partial charge on any atom is -0.493 e. The molecule has 0 unspecified atom stereocenters. The van der Waals surface area contributed by atoms with Crippen LogP contribution in [-0.4, -0.2) is 23.8 Å². The van der Waals surface area contributed by atoms with Gasteiger partial charge in [-0.25, -0.2) is 4.98 Å². The van der Waals surface area contributed by atoms with E-state index in [0.717, 1.165) is 4.88 Å². The second-order valence-electron chi connectivity index (χ2n) is 5.61. The molecule has 0 saturated heterocycles. The van der Waals surface area contributed by atoms with Gasteiger partial charge < -0.3 is 13.9 Å². The Balaban J connectivity index is 2.01. The zero-order valence-corrected chi connectivity index (χ0v) is 15.1. The van der Waals surface area contributed by atoms with Gasteiger partial charge in [0.2, 0.25) is 0 Å². The van der Waals surface area contributed by atoms with Crippen LogP contribution < -0.4 is 15.0 Å². The molecule has 0 saturated carbocycles. The number of furan rings is 1. The monoisotopic (exact) mass is 368 g/mol. The largest absolute Gasteiger partial charge is 0.493 e. The molecule has 0 N–H and O–H groups in total. The number of ether oxygens (including phenoxy) is 2. The average Bonchev–Trinajstić information content (AvgIpc) is 3.36. The number of nitrogens with zero attached hydrogens (tertiary/aromatic N) is 2. The van der Waals surface area contributed by atoms with Crippen LogP contribution in [0.5, 0.6) is 11.5 Å². The molecule has 1 aromatic carbocycles. The molecule has 0 aliphatic rings. The molecule has 0 aliphatic heterocycles. The first kappa shape index (κ1) is 16.4. The third kappa shape index (κ3) is 2.76. The van der Waals surface area contributed by atoms with Gasteiger partial charge in [-0.1, -0.05) is 6.07 Å². The highest BCUT2D eigenvalue weighted by molar-refractivity contribution is 7.09. The zero-order chi connectivity index (χ0) is 18.1. The first-order valence-electron chi connectivity index (χ1n) is 7.94. The molecule has 26 heavy (non-hydrogen) atoms. The summed E-state index contributed by atoms with van der Waals surface area (Å²) in [4.78, 5) is 19.0. The second-order valence-corrected chi connectivity index (χ2v) is 6.64. The van der Waals surface area contributed by atoms with E-state index in [9.17, 15) is 4.79 Å². The predicted molar refractivity (Wildman–Crippen MR) is 100 cm³/mol. The van der Waals surface area contributed by atoms with Gasteiger partial charge in [0.25, 0.3) is 5.56 Å². The Labute approximate surface area is 153 Å². The summed E-state index contributed by atoms with van der Waals surface area (Å²) in [5, 5.41) is 2.45. The summed E-state index contributed by atoms with van der Waals surface area (Å²) in [5.74, 6) is 2.03. The molecule has 0 amide bonds. The molecule has 0 aliphatic carbocycles. The minimum atomic E-state index is -0.157. The van der Waals surface area contributed by atoms with E-state index in [4.69, 9.17) is 13.9 Å². The zero-order valence-electron chi connectivity index (χ0n) is 14.3. The SMILES string of the molecule is COc1cc2nc(-c3ccco3)n(Cc3cccs3)c(=O)c2cc1OC. The third-order valence-corrected chi connectivity index (χ3v) is 4.96. The number of fused-ring (bicyclic) bond motifs is 1. The molecule has 0 atom stereocenters. The van der Waals surface area contributed by atoms with Gasteiger partial charge in [0, 0.05) is 10.9 Å². The number of benzene rings is 1. The first-order valence-corrected chi connectivity index (χ1v) is 8.82. The van der Waals surface area contributed by atoms with E-state index in [1.807, 2.05) is 17.5 Å². The quantitative estimate of drug-likeness (QED) is 0.536. The molecular formula is C19H16N2O4S. The number of aromatic nitrogens is 2. The van der Waals surface area contributed by atoms with Gasteiger partial charge in [0.05, 0.1) is 37.9 Å². The Morgan fingerprint density at radius 2 is 1.96 bits per heavy atom. The van der Waals surface area contributed by atoms with E-state index in [-0.39, 0.29) is 5.56 Å². The van der Waals surface area contributed by atoms with E-state index >= 15 is 0 Å². The number of rotatable bonds is 5. The fraction of sp³-hybridized carbons (Fsp3) is 0.158. The van der Waals surface area contributed by atoms with Gasteiger partial charge >= 0.3 is 0 Å². The molecule has 7 heteroatoms. The van der Waals surface area contributed by atoms with Crippen molar-refractivity contribution < 1.29 is 13.9 Å². The lowest BCUT2D eigenvalue weighted by atomic mass is 10.2. The minimum absolute atomic E-state index is 0.157. The molecule has 3 heterocycles. The molecule has 0 radical (unpaired) electrons. The highest BCUT2D eigenvalue weighted by Crippen LogP contribution is 2.31. The summed E-state index contributed by atoms with van der Waals surface area (Å²) in [6.45, 7) is 0.420. The Kier molecular flexibility index (Phi) is 4.22. The Morgan fingerprint density at radius 3 is 2.62 bits per heavy atom. The Bertz CT molecular complexity index is 1100. The summed E-state index contributed by atoms with van der Waals surface area (Å²) in [5.41, 5.74) is 0.372. The van der Waals surface area contributed by atoms with Crippen molar-refractivity contribution in [2.75, 3.05) is 14.2 Å². The van der Waals surface area contributed by atoms with E-state index in [2.05, 4.69) is 4.98 Å². The lowest BCUT2D eigenvalue weighted by Crippen LogP contribution is -2.23. The summed E-state index contributed by atoms with van der Waals surface area (Å²) in [7, 11) is 3.09. The van der Waals surface area contributed by atoms with Crippen LogP contribution in [0.25, 0.3) is 22.5 Å². The van der Waals surface area contributed by atoms with Gasteiger partial charge in [0.15, 0.2) is 23.1 Å². The average molecular weight is 368 g/mol. The molecule has 0 fully saturated rings. The van der Waals surface area contributed by atoms with Crippen LogP contribution in [0.1, 0.15) is 4.88 Å². The fourth-order valence-electron chi connectivity index (χ4n) is 2.85. The summed E-state index contributed by atoms with van der Waals surface area (Å²) >= 11 is 1.59. The van der Waals surface area contributed by atoms with Crippen LogP contribution in [0.4, 0.5) is 0 Å². The predicted octanol–water partition coefficient (Wildman–Crippen LogP) is 3.78. The van der Waals surface area contributed by atoms with Crippen molar-refractivity contribution in [3.8, 4) is 23.1 Å². The summed E-state index contributed by atoms with van der Waals surface area (Å²) in [6.07, 6.45) is 1.57. The van der Waals surface area contributed by atoms with Crippen LogP contribution in [-0.2, 0) is 6.54 Å². The van der Waals surface area contributed by atoms with Crippen molar-refractivity contribution in [2.45, 2.75) is 6.54 Å². The molecule has 0 spiro atoms. The van der Waals surface area contributed by atoms with Crippen LogP contribution in [0.2, 0.25) is 0 Å². The first-order chi connectivity index (χ1) is 12.7. The standard InChI is InChI=1S/C19H16N2O4S/c1-23-16-9-13-14(10-17(16)24-2)20-18(15-6-3-7-25-15)21(19(13)22)11-12-5-4-8-26-12/h3-10H,11H2,1-2H3. The summed E-state index contributed by atoms with van der Waals surface area (Å²) < 4.78 is 17.8.